The lowest BCUT2D eigenvalue weighted by atomic mass is 10.1. The first-order chi connectivity index (χ1) is 14.0. The number of hydrogen-bond donors (Lipinski definition) is 5. The van der Waals surface area contributed by atoms with Crippen molar-refractivity contribution in [2.45, 2.75) is 19.0 Å². The molecule has 29 heavy (non-hydrogen) atoms. The number of amides is 1. The molecule has 0 aliphatic carbocycles. The van der Waals surface area contributed by atoms with Gasteiger partial charge in [-0.25, -0.2) is 4.98 Å². The molecule has 0 aliphatic heterocycles. The fourth-order valence-corrected chi connectivity index (χ4v) is 3.09. The van der Waals surface area contributed by atoms with Crippen molar-refractivity contribution >= 4 is 23.3 Å². The Labute approximate surface area is 173 Å². The predicted molar refractivity (Wildman–Crippen MR) is 113 cm³/mol. The number of aromatic nitrogens is 2. The Balaban J connectivity index is 1.78. The van der Waals surface area contributed by atoms with Gasteiger partial charge in [0.2, 0.25) is 0 Å². The zero-order chi connectivity index (χ0) is 20.8. The number of aliphatic hydroxyl groups is 2. The van der Waals surface area contributed by atoms with Crippen molar-refractivity contribution in [3.63, 3.8) is 0 Å². The van der Waals surface area contributed by atoms with Gasteiger partial charge in [0, 0.05) is 29.6 Å². The standard InChI is InChI=1S/C21H23ClN4O3/c1-13(11-27)25-20-8-16(17(22)10-24-20)15-7-18(23-9-15)21(29)26-19(12-28)14-5-3-2-4-6-14/h2-10,13,19,23,27-28H,11-12H2,1H3,(H,24,25)(H,26,29)/t13-,19+/m0/s1. The van der Waals surface area contributed by atoms with Crippen LogP contribution in [-0.2, 0) is 0 Å². The Bertz CT molecular complexity index is 962. The SMILES string of the molecule is C[C@@H](CO)Nc1cc(-c2c[nH]c(C(=O)N[C@H](CO)c3ccccc3)c2)c(Cl)cn1. The first kappa shape index (κ1) is 20.9. The minimum Gasteiger partial charge on any atom is -0.394 e. The minimum absolute atomic E-state index is 0.0262. The molecule has 0 aliphatic rings. The number of aromatic amines is 1. The van der Waals surface area contributed by atoms with E-state index in [-0.39, 0.29) is 25.2 Å². The smallest absolute Gasteiger partial charge is 0.268 e. The van der Waals surface area contributed by atoms with Gasteiger partial charge < -0.3 is 25.8 Å². The average Bonchev–Trinajstić information content (AvgIpc) is 3.24. The van der Waals surface area contributed by atoms with E-state index in [0.717, 1.165) is 11.1 Å². The van der Waals surface area contributed by atoms with Gasteiger partial charge in [-0.05, 0) is 24.6 Å². The zero-order valence-electron chi connectivity index (χ0n) is 15.9. The van der Waals surface area contributed by atoms with E-state index in [9.17, 15) is 15.0 Å². The Kier molecular flexibility index (Phi) is 6.87. The van der Waals surface area contributed by atoms with Gasteiger partial charge in [0.1, 0.15) is 11.5 Å². The van der Waals surface area contributed by atoms with Crippen LogP contribution in [-0.4, -0.2) is 45.3 Å². The number of halogens is 1. The second kappa shape index (κ2) is 9.56. The van der Waals surface area contributed by atoms with E-state index in [4.69, 9.17) is 11.6 Å². The van der Waals surface area contributed by atoms with Crippen molar-refractivity contribution in [3.8, 4) is 11.1 Å². The number of aliphatic hydroxyl groups excluding tert-OH is 2. The van der Waals surface area contributed by atoms with Crippen LogP contribution >= 0.6 is 11.6 Å². The summed E-state index contributed by atoms with van der Waals surface area (Å²) < 4.78 is 0. The highest BCUT2D eigenvalue weighted by Gasteiger charge is 2.17. The highest BCUT2D eigenvalue weighted by Crippen LogP contribution is 2.30. The summed E-state index contributed by atoms with van der Waals surface area (Å²) in [7, 11) is 0. The monoisotopic (exact) mass is 414 g/mol. The third-order valence-corrected chi connectivity index (χ3v) is 4.75. The summed E-state index contributed by atoms with van der Waals surface area (Å²) >= 11 is 6.29. The molecule has 8 heteroatoms. The molecule has 0 bridgehead atoms. The number of pyridine rings is 1. The van der Waals surface area contributed by atoms with Crippen molar-refractivity contribution in [1.82, 2.24) is 15.3 Å². The van der Waals surface area contributed by atoms with Gasteiger partial charge in [0.25, 0.3) is 5.91 Å². The summed E-state index contributed by atoms with van der Waals surface area (Å²) in [6, 6.07) is 12.1. The van der Waals surface area contributed by atoms with E-state index in [2.05, 4.69) is 20.6 Å². The van der Waals surface area contributed by atoms with Gasteiger partial charge in [-0.3, -0.25) is 4.79 Å². The van der Waals surface area contributed by atoms with Gasteiger partial charge >= 0.3 is 0 Å². The zero-order valence-corrected chi connectivity index (χ0v) is 16.6. The van der Waals surface area contributed by atoms with Gasteiger partial charge in [-0.2, -0.15) is 0 Å². The van der Waals surface area contributed by atoms with Crippen LogP contribution in [0.3, 0.4) is 0 Å². The molecule has 0 fully saturated rings. The first-order valence-corrected chi connectivity index (χ1v) is 9.58. The Morgan fingerprint density at radius 1 is 1.21 bits per heavy atom. The van der Waals surface area contributed by atoms with Gasteiger partial charge in [-0.1, -0.05) is 41.9 Å². The number of benzene rings is 1. The molecule has 0 spiro atoms. The fraction of sp³-hybridized carbons (Fsp3) is 0.238. The molecule has 5 N–H and O–H groups in total. The van der Waals surface area contributed by atoms with Crippen LogP contribution in [0.4, 0.5) is 5.82 Å². The Morgan fingerprint density at radius 3 is 2.66 bits per heavy atom. The van der Waals surface area contributed by atoms with Crippen LogP contribution in [0.25, 0.3) is 11.1 Å². The minimum atomic E-state index is -0.504. The molecular formula is C21H23ClN4O3. The normalized spacial score (nSPS) is 13.0. The third-order valence-electron chi connectivity index (χ3n) is 4.45. The fourth-order valence-electron chi connectivity index (χ4n) is 2.87. The number of carbonyl (C=O) groups is 1. The van der Waals surface area contributed by atoms with Gasteiger partial charge in [0.15, 0.2) is 0 Å². The average molecular weight is 415 g/mol. The summed E-state index contributed by atoms with van der Waals surface area (Å²) in [5.41, 5.74) is 2.59. The molecule has 2 aromatic heterocycles. The van der Waals surface area contributed by atoms with E-state index >= 15 is 0 Å². The van der Waals surface area contributed by atoms with Crippen LogP contribution in [0.5, 0.6) is 0 Å². The number of rotatable bonds is 8. The largest absolute Gasteiger partial charge is 0.394 e. The van der Waals surface area contributed by atoms with Crippen LogP contribution in [0, 0.1) is 0 Å². The molecule has 2 heterocycles. The predicted octanol–water partition coefficient (Wildman–Crippen LogP) is 2.99. The molecule has 1 aromatic carbocycles. The molecular weight excluding hydrogens is 392 g/mol. The molecule has 7 nitrogen and oxygen atoms in total. The van der Waals surface area contributed by atoms with E-state index in [0.29, 0.717) is 22.1 Å². The van der Waals surface area contributed by atoms with E-state index < -0.39 is 6.04 Å². The van der Waals surface area contributed by atoms with Crippen molar-refractivity contribution < 1.29 is 15.0 Å². The highest BCUT2D eigenvalue weighted by atomic mass is 35.5. The third kappa shape index (κ3) is 5.14. The molecule has 0 radical (unpaired) electrons. The van der Waals surface area contributed by atoms with Crippen LogP contribution in [0.2, 0.25) is 5.02 Å². The number of nitrogens with one attached hydrogen (secondary N) is 3. The number of hydrogen-bond acceptors (Lipinski definition) is 5. The molecule has 152 valence electrons. The maximum absolute atomic E-state index is 12.6. The molecule has 3 aromatic rings. The van der Waals surface area contributed by atoms with Gasteiger partial charge in [0.05, 0.1) is 24.3 Å². The van der Waals surface area contributed by atoms with Crippen molar-refractivity contribution in [3.05, 3.63) is 71.1 Å². The number of H-pyrrole nitrogens is 1. The lowest BCUT2D eigenvalue weighted by Gasteiger charge is -2.16. The van der Waals surface area contributed by atoms with Crippen LogP contribution in [0.15, 0.2) is 54.9 Å². The maximum atomic E-state index is 12.6. The van der Waals surface area contributed by atoms with Crippen molar-refractivity contribution in [1.29, 1.82) is 0 Å². The highest BCUT2D eigenvalue weighted by molar-refractivity contribution is 6.33. The van der Waals surface area contributed by atoms with Gasteiger partial charge in [-0.15, -0.1) is 0 Å². The van der Waals surface area contributed by atoms with Crippen molar-refractivity contribution in [2.24, 2.45) is 0 Å². The lowest BCUT2D eigenvalue weighted by molar-refractivity contribution is 0.0912. The Hall–Kier alpha value is -2.87. The molecule has 1 amide bonds. The quantitative estimate of drug-likeness (QED) is 0.389. The number of nitrogens with zero attached hydrogens (tertiary/aromatic N) is 1. The van der Waals surface area contributed by atoms with E-state index in [1.807, 2.05) is 37.3 Å². The first-order valence-electron chi connectivity index (χ1n) is 9.20. The Morgan fingerprint density at radius 2 is 1.97 bits per heavy atom. The lowest BCUT2D eigenvalue weighted by Crippen LogP contribution is -2.30. The molecule has 2 atom stereocenters. The summed E-state index contributed by atoms with van der Waals surface area (Å²) in [5, 5.41) is 25.2. The maximum Gasteiger partial charge on any atom is 0.268 e. The summed E-state index contributed by atoms with van der Waals surface area (Å²) in [4.78, 5) is 19.8. The van der Waals surface area contributed by atoms with E-state index in [1.165, 1.54) is 6.20 Å². The molecule has 0 unspecified atom stereocenters. The molecule has 0 saturated carbocycles. The number of anilines is 1. The van der Waals surface area contributed by atoms with Crippen molar-refractivity contribution in [2.75, 3.05) is 18.5 Å². The number of carbonyl (C=O) groups excluding carboxylic acids is 1. The topological polar surface area (TPSA) is 110 Å². The second-order valence-electron chi connectivity index (χ2n) is 6.70. The summed E-state index contributed by atoms with van der Waals surface area (Å²) in [6.45, 7) is 1.60. The van der Waals surface area contributed by atoms with Crippen LogP contribution < -0.4 is 10.6 Å². The molecule has 0 saturated heterocycles. The van der Waals surface area contributed by atoms with Crippen LogP contribution in [0.1, 0.15) is 29.0 Å². The van der Waals surface area contributed by atoms with E-state index in [1.54, 1.807) is 18.3 Å². The summed E-state index contributed by atoms with van der Waals surface area (Å²) in [5.74, 6) is 0.235. The molecule has 3 rings (SSSR count). The second-order valence-corrected chi connectivity index (χ2v) is 7.11. The summed E-state index contributed by atoms with van der Waals surface area (Å²) in [6.07, 6.45) is 3.21.